The van der Waals surface area contributed by atoms with Gasteiger partial charge in [-0.05, 0) is 41.7 Å². The summed E-state index contributed by atoms with van der Waals surface area (Å²) >= 11 is 12.0. The molecule has 0 aliphatic rings. The van der Waals surface area contributed by atoms with E-state index in [0.717, 1.165) is 16.7 Å². The fraction of sp³-hybridized carbons (Fsp3) is 0.118. The van der Waals surface area contributed by atoms with Gasteiger partial charge in [-0.25, -0.2) is 4.79 Å². The Bertz CT molecular complexity index is 664. The number of aliphatic carboxylic acids is 1. The highest BCUT2D eigenvalue weighted by Gasteiger charge is 2.07. The number of halogens is 2. The van der Waals surface area contributed by atoms with Crippen molar-refractivity contribution in [1.29, 1.82) is 0 Å². The van der Waals surface area contributed by atoms with Gasteiger partial charge in [0.25, 0.3) is 0 Å². The van der Waals surface area contributed by atoms with E-state index in [1.165, 1.54) is 6.08 Å². The second-order valence-corrected chi connectivity index (χ2v) is 5.45. The van der Waals surface area contributed by atoms with Crippen LogP contribution in [0.25, 0.3) is 5.57 Å². The summed E-state index contributed by atoms with van der Waals surface area (Å²) in [4.78, 5) is 11.0. The number of hydrogen-bond donors (Lipinski definition) is 1. The Hall–Kier alpha value is -1.77. The van der Waals surface area contributed by atoms with Crippen LogP contribution in [0.2, 0.25) is 10.0 Å². The zero-order valence-electron chi connectivity index (χ0n) is 11.2. The summed E-state index contributed by atoms with van der Waals surface area (Å²) in [7, 11) is 0. The van der Waals surface area contributed by atoms with Gasteiger partial charge in [0.2, 0.25) is 0 Å². The Morgan fingerprint density at radius 3 is 2.43 bits per heavy atom. The lowest BCUT2D eigenvalue weighted by Crippen LogP contribution is -1.95. The van der Waals surface area contributed by atoms with Gasteiger partial charge in [0.15, 0.2) is 0 Å². The molecule has 0 radical (unpaired) electrons. The lowest BCUT2D eigenvalue weighted by atomic mass is 9.98. The van der Waals surface area contributed by atoms with Crippen LogP contribution in [-0.4, -0.2) is 11.1 Å². The van der Waals surface area contributed by atoms with Gasteiger partial charge in [0.05, 0.1) is 0 Å². The molecule has 21 heavy (non-hydrogen) atoms. The van der Waals surface area contributed by atoms with Crippen LogP contribution in [0.4, 0.5) is 0 Å². The molecular formula is C17H14Cl2O2. The summed E-state index contributed by atoms with van der Waals surface area (Å²) in [5.41, 5.74) is 2.63. The van der Waals surface area contributed by atoms with E-state index in [1.54, 1.807) is 12.1 Å². The van der Waals surface area contributed by atoms with Gasteiger partial charge in [-0.1, -0.05) is 59.6 Å². The first kappa shape index (κ1) is 15.6. The largest absolute Gasteiger partial charge is 0.478 e. The topological polar surface area (TPSA) is 37.3 Å². The molecular weight excluding hydrogens is 307 g/mol. The second kappa shape index (κ2) is 7.30. The van der Waals surface area contributed by atoms with Crippen molar-refractivity contribution in [3.63, 3.8) is 0 Å². The molecule has 0 aliphatic heterocycles. The van der Waals surface area contributed by atoms with Gasteiger partial charge < -0.3 is 5.11 Å². The van der Waals surface area contributed by atoms with E-state index < -0.39 is 5.97 Å². The van der Waals surface area contributed by atoms with Crippen LogP contribution in [0.1, 0.15) is 17.5 Å². The van der Waals surface area contributed by atoms with Crippen LogP contribution in [0.5, 0.6) is 0 Å². The Labute approximate surface area is 133 Å². The monoisotopic (exact) mass is 320 g/mol. The average molecular weight is 321 g/mol. The van der Waals surface area contributed by atoms with Crippen molar-refractivity contribution in [1.82, 2.24) is 0 Å². The third-order valence-electron chi connectivity index (χ3n) is 3.12. The Morgan fingerprint density at radius 1 is 1.10 bits per heavy atom. The van der Waals surface area contributed by atoms with Crippen molar-refractivity contribution in [2.45, 2.75) is 12.8 Å². The van der Waals surface area contributed by atoms with Crippen LogP contribution >= 0.6 is 23.2 Å². The van der Waals surface area contributed by atoms with E-state index in [1.807, 2.05) is 36.4 Å². The quantitative estimate of drug-likeness (QED) is 0.779. The SMILES string of the molecule is O=C(O)/C=C(\CCc1ccc(Cl)cc1Cl)c1ccccc1. The predicted molar refractivity (Wildman–Crippen MR) is 86.8 cm³/mol. The molecule has 2 aromatic rings. The molecule has 0 atom stereocenters. The number of carbonyl (C=O) groups is 1. The van der Waals surface area contributed by atoms with Crippen LogP contribution < -0.4 is 0 Å². The Kier molecular flexibility index (Phi) is 5.43. The Morgan fingerprint density at radius 2 is 1.81 bits per heavy atom. The predicted octanol–water partition coefficient (Wildman–Crippen LogP) is 5.09. The normalized spacial score (nSPS) is 11.4. The summed E-state index contributed by atoms with van der Waals surface area (Å²) in [6.45, 7) is 0. The van der Waals surface area contributed by atoms with E-state index >= 15 is 0 Å². The van der Waals surface area contributed by atoms with E-state index in [9.17, 15) is 4.79 Å². The molecule has 0 amide bonds. The van der Waals surface area contributed by atoms with Crippen molar-refractivity contribution < 1.29 is 9.90 Å². The molecule has 2 nitrogen and oxygen atoms in total. The fourth-order valence-corrected chi connectivity index (χ4v) is 2.60. The minimum atomic E-state index is -0.948. The van der Waals surface area contributed by atoms with Crippen molar-refractivity contribution in [3.8, 4) is 0 Å². The molecule has 108 valence electrons. The van der Waals surface area contributed by atoms with E-state index in [4.69, 9.17) is 28.3 Å². The third-order valence-corrected chi connectivity index (χ3v) is 3.71. The van der Waals surface area contributed by atoms with Crippen LogP contribution in [0.15, 0.2) is 54.6 Å². The van der Waals surface area contributed by atoms with Crippen molar-refractivity contribution in [2.24, 2.45) is 0 Å². The minimum Gasteiger partial charge on any atom is -0.478 e. The van der Waals surface area contributed by atoms with Gasteiger partial charge >= 0.3 is 5.97 Å². The lowest BCUT2D eigenvalue weighted by molar-refractivity contribution is -0.131. The standard InChI is InChI=1S/C17H14Cl2O2/c18-15-9-8-13(16(19)11-15)6-7-14(10-17(20)21)12-4-2-1-3-5-12/h1-5,8-11H,6-7H2,(H,20,21)/b14-10+. The maximum Gasteiger partial charge on any atom is 0.328 e. The van der Waals surface area contributed by atoms with Crippen LogP contribution in [-0.2, 0) is 11.2 Å². The first-order chi connectivity index (χ1) is 10.1. The molecule has 0 bridgehead atoms. The minimum absolute atomic E-state index is 0.591. The smallest absolute Gasteiger partial charge is 0.328 e. The zero-order chi connectivity index (χ0) is 15.2. The summed E-state index contributed by atoms with van der Waals surface area (Å²) in [5.74, 6) is -0.948. The summed E-state index contributed by atoms with van der Waals surface area (Å²) in [6.07, 6.45) is 2.50. The number of carboxylic acids is 1. The summed E-state index contributed by atoms with van der Waals surface area (Å²) in [5, 5.41) is 10.2. The number of rotatable bonds is 5. The fourth-order valence-electron chi connectivity index (χ4n) is 2.09. The lowest BCUT2D eigenvalue weighted by Gasteiger charge is -2.09. The molecule has 2 rings (SSSR count). The molecule has 0 unspecified atom stereocenters. The zero-order valence-corrected chi connectivity index (χ0v) is 12.7. The average Bonchev–Trinajstić information content (AvgIpc) is 2.45. The summed E-state index contributed by atoms with van der Waals surface area (Å²) in [6, 6.07) is 14.8. The number of benzene rings is 2. The third kappa shape index (κ3) is 4.62. The maximum absolute atomic E-state index is 11.0. The number of carboxylic acid groups (broad SMARTS) is 1. The van der Waals surface area contributed by atoms with Gasteiger partial charge in [-0.3, -0.25) is 0 Å². The van der Waals surface area contributed by atoms with Crippen molar-refractivity contribution in [3.05, 3.63) is 75.8 Å². The number of hydrogen-bond acceptors (Lipinski definition) is 1. The highest BCUT2D eigenvalue weighted by atomic mass is 35.5. The van der Waals surface area contributed by atoms with Crippen LogP contribution in [0.3, 0.4) is 0 Å². The molecule has 0 fully saturated rings. The molecule has 4 heteroatoms. The molecule has 0 aromatic heterocycles. The van der Waals surface area contributed by atoms with Gasteiger partial charge in [-0.15, -0.1) is 0 Å². The molecule has 1 N–H and O–H groups in total. The molecule has 0 spiro atoms. The molecule has 0 heterocycles. The van der Waals surface area contributed by atoms with E-state index in [2.05, 4.69) is 0 Å². The van der Waals surface area contributed by atoms with Crippen molar-refractivity contribution >= 4 is 34.7 Å². The molecule has 0 saturated heterocycles. The first-order valence-electron chi connectivity index (χ1n) is 6.49. The highest BCUT2D eigenvalue weighted by Crippen LogP contribution is 2.26. The van der Waals surface area contributed by atoms with Gasteiger partial charge in [-0.2, -0.15) is 0 Å². The van der Waals surface area contributed by atoms with E-state index in [-0.39, 0.29) is 0 Å². The number of allylic oxidation sites excluding steroid dienone is 1. The summed E-state index contributed by atoms with van der Waals surface area (Å²) < 4.78 is 0. The van der Waals surface area contributed by atoms with Gasteiger partial charge in [0, 0.05) is 16.1 Å². The molecule has 0 saturated carbocycles. The van der Waals surface area contributed by atoms with Gasteiger partial charge in [0.1, 0.15) is 0 Å². The van der Waals surface area contributed by atoms with Crippen LogP contribution in [0, 0.1) is 0 Å². The second-order valence-electron chi connectivity index (χ2n) is 4.61. The molecule has 0 aliphatic carbocycles. The highest BCUT2D eigenvalue weighted by molar-refractivity contribution is 6.35. The Balaban J connectivity index is 2.19. The number of aryl methyl sites for hydroxylation is 1. The first-order valence-corrected chi connectivity index (χ1v) is 7.24. The maximum atomic E-state index is 11.0. The molecule has 2 aromatic carbocycles. The van der Waals surface area contributed by atoms with E-state index in [0.29, 0.717) is 22.9 Å². The van der Waals surface area contributed by atoms with Crippen molar-refractivity contribution in [2.75, 3.05) is 0 Å².